The number of carbonyl (C=O) groups excluding carboxylic acids is 2. The van der Waals surface area contributed by atoms with Crippen LogP contribution in [0.25, 0.3) is 0 Å². The van der Waals surface area contributed by atoms with E-state index in [9.17, 15) is 14.7 Å². The average Bonchev–Trinajstić information content (AvgIpc) is 2.54. The molecule has 0 bridgehead atoms. The highest BCUT2D eigenvalue weighted by atomic mass is 16.6. The minimum Gasteiger partial charge on any atom is -0.508 e. The molecule has 0 aromatic heterocycles. The highest BCUT2D eigenvalue weighted by molar-refractivity contribution is 6.09. The van der Waals surface area contributed by atoms with Crippen molar-refractivity contribution in [2.45, 2.75) is 13.0 Å². The summed E-state index contributed by atoms with van der Waals surface area (Å²) in [5, 5.41) is 9.41. The summed E-state index contributed by atoms with van der Waals surface area (Å²) in [5.74, 6) is -0.175. The number of ether oxygens (including phenoxy) is 2. The molecule has 1 unspecified atom stereocenters. The van der Waals surface area contributed by atoms with Crippen molar-refractivity contribution in [2.75, 3.05) is 7.11 Å². The summed E-state index contributed by atoms with van der Waals surface area (Å²) in [7, 11) is 1.29. The molecule has 5 heteroatoms. The van der Waals surface area contributed by atoms with Crippen LogP contribution in [0.3, 0.4) is 0 Å². The number of rotatable bonds is 5. The van der Waals surface area contributed by atoms with Gasteiger partial charge in [0.05, 0.1) is 7.11 Å². The van der Waals surface area contributed by atoms with Gasteiger partial charge in [0, 0.05) is 11.1 Å². The summed E-state index contributed by atoms with van der Waals surface area (Å²) in [6.45, 7) is 1.58. The molecule has 1 atom stereocenters. The van der Waals surface area contributed by atoms with Crippen molar-refractivity contribution < 1.29 is 24.2 Å². The van der Waals surface area contributed by atoms with Gasteiger partial charge in [0.2, 0.25) is 0 Å². The molecule has 0 spiro atoms. The number of phenolic OH excluding ortho intramolecular Hbond substituents is 1. The first-order valence-electron chi connectivity index (χ1n) is 6.69. The number of hydrogen-bond donors (Lipinski definition) is 1. The smallest absolute Gasteiger partial charge is 0.346 e. The molecule has 114 valence electrons. The van der Waals surface area contributed by atoms with Crippen LogP contribution in [0.5, 0.6) is 11.5 Å². The second-order valence-electron chi connectivity index (χ2n) is 4.69. The van der Waals surface area contributed by atoms with Crippen molar-refractivity contribution in [3.63, 3.8) is 0 Å². The van der Waals surface area contributed by atoms with Gasteiger partial charge >= 0.3 is 5.97 Å². The van der Waals surface area contributed by atoms with Crippen LogP contribution in [-0.4, -0.2) is 30.1 Å². The first-order valence-corrected chi connectivity index (χ1v) is 6.69. The Morgan fingerprint density at radius 2 is 1.73 bits per heavy atom. The van der Waals surface area contributed by atoms with Crippen molar-refractivity contribution in [1.29, 1.82) is 0 Å². The van der Waals surface area contributed by atoms with Gasteiger partial charge in [-0.25, -0.2) is 4.79 Å². The Labute approximate surface area is 128 Å². The fourth-order valence-electron chi connectivity index (χ4n) is 1.92. The molecule has 0 amide bonds. The van der Waals surface area contributed by atoms with Gasteiger partial charge in [-0.3, -0.25) is 4.79 Å². The average molecular weight is 300 g/mol. The lowest BCUT2D eigenvalue weighted by Crippen LogP contribution is -2.24. The number of phenols is 1. The zero-order valence-electron chi connectivity index (χ0n) is 12.3. The van der Waals surface area contributed by atoms with Gasteiger partial charge in [-0.05, 0) is 43.3 Å². The van der Waals surface area contributed by atoms with E-state index in [-0.39, 0.29) is 11.5 Å². The summed E-state index contributed by atoms with van der Waals surface area (Å²) in [5.41, 5.74) is 0.861. The number of carbonyl (C=O) groups is 2. The third kappa shape index (κ3) is 3.63. The molecule has 2 aromatic rings. The SMILES string of the molecule is COC(=O)C(C)Oc1ccc(C(=O)c2cccc(O)c2)cc1. The topological polar surface area (TPSA) is 72.8 Å². The number of benzene rings is 2. The van der Waals surface area contributed by atoms with E-state index < -0.39 is 12.1 Å². The first-order chi connectivity index (χ1) is 10.5. The van der Waals surface area contributed by atoms with E-state index in [1.807, 2.05) is 0 Å². The van der Waals surface area contributed by atoms with Gasteiger partial charge in [-0.2, -0.15) is 0 Å². The molecule has 0 radical (unpaired) electrons. The number of hydrogen-bond acceptors (Lipinski definition) is 5. The van der Waals surface area contributed by atoms with Crippen LogP contribution in [0.1, 0.15) is 22.8 Å². The Kier molecular flexibility index (Phi) is 4.78. The Bertz CT molecular complexity index is 676. The van der Waals surface area contributed by atoms with Crippen molar-refractivity contribution in [3.05, 3.63) is 59.7 Å². The molecule has 2 aromatic carbocycles. The number of aromatic hydroxyl groups is 1. The minimum atomic E-state index is -0.724. The second-order valence-corrected chi connectivity index (χ2v) is 4.69. The fraction of sp³-hybridized carbons (Fsp3) is 0.176. The maximum atomic E-state index is 12.3. The minimum absolute atomic E-state index is 0.0395. The lowest BCUT2D eigenvalue weighted by molar-refractivity contribution is -0.147. The Balaban J connectivity index is 2.12. The van der Waals surface area contributed by atoms with Crippen LogP contribution >= 0.6 is 0 Å². The van der Waals surface area contributed by atoms with Gasteiger partial charge in [-0.15, -0.1) is 0 Å². The predicted octanol–water partition coefficient (Wildman–Crippen LogP) is 2.56. The molecule has 0 fully saturated rings. The van der Waals surface area contributed by atoms with Crippen LogP contribution in [-0.2, 0) is 9.53 Å². The number of esters is 1. The van der Waals surface area contributed by atoms with Gasteiger partial charge in [0.15, 0.2) is 11.9 Å². The second kappa shape index (κ2) is 6.76. The van der Waals surface area contributed by atoms with Crippen molar-refractivity contribution in [2.24, 2.45) is 0 Å². The standard InChI is InChI=1S/C17H16O5/c1-11(17(20)21-2)22-15-8-6-12(7-9-15)16(19)13-4-3-5-14(18)10-13/h3-11,18H,1-2H3. The summed E-state index contributed by atoms with van der Waals surface area (Å²) >= 11 is 0. The van der Waals surface area contributed by atoms with Crippen LogP contribution < -0.4 is 4.74 Å². The molecule has 5 nitrogen and oxygen atoms in total. The maximum Gasteiger partial charge on any atom is 0.346 e. The van der Waals surface area contributed by atoms with E-state index in [1.165, 1.54) is 19.2 Å². The molecule has 0 aliphatic carbocycles. The third-order valence-electron chi connectivity index (χ3n) is 3.07. The van der Waals surface area contributed by atoms with E-state index in [4.69, 9.17) is 4.74 Å². The zero-order valence-corrected chi connectivity index (χ0v) is 12.3. The Morgan fingerprint density at radius 3 is 2.32 bits per heavy atom. The van der Waals surface area contributed by atoms with Gasteiger partial charge in [-0.1, -0.05) is 12.1 Å². The molecule has 1 N–H and O–H groups in total. The molecule has 22 heavy (non-hydrogen) atoms. The lowest BCUT2D eigenvalue weighted by atomic mass is 10.0. The first kappa shape index (κ1) is 15.6. The van der Waals surface area contributed by atoms with Crippen LogP contribution in [0.4, 0.5) is 0 Å². The van der Waals surface area contributed by atoms with Gasteiger partial charge in [0.1, 0.15) is 11.5 Å². The number of methoxy groups -OCH3 is 1. The van der Waals surface area contributed by atoms with Gasteiger partial charge in [0.25, 0.3) is 0 Å². The van der Waals surface area contributed by atoms with Crippen LogP contribution in [0.15, 0.2) is 48.5 Å². The van der Waals surface area contributed by atoms with Crippen LogP contribution in [0.2, 0.25) is 0 Å². The van der Waals surface area contributed by atoms with Gasteiger partial charge < -0.3 is 14.6 Å². The molecule has 0 aliphatic heterocycles. The molecule has 0 heterocycles. The van der Waals surface area contributed by atoms with E-state index in [1.54, 1.807) is 43.3 Å². The molecule has 0 aliphatic rings. The Hall–Kier alpha value is -2.82. The summed E-state index contributed by atoms with van der Waals surface area (Å²) in [6, 6.07) is 12.6. The quantitative estimate of drug-likeness (QED) is 0.678. The molecule has 2 rings (SSSR count). The normalized spacial score (nSPS) is 11.5. The Morgan fingerprint density at radius 1 is 1.05 bits per heavy atom. The number of ketones is 1. The highest BCUT2D eigenvalue weighted by Crippen LogP contribution is 2.19. The van der Waals surface area contributed by atoms with Crippen molar-refractivity contribution in [1.82, 2.24) is 0 Å². The third-order valence-corrected chi connectivity index (χ3v) is 3.07. The summed E-state index contributed by atoms with van der Waals surface area (Å²) in [6.07, 6.45) is -0.724. The monoisotopic (exact) mass is 300 g/mol. The summed E-state index contributed by atoms with van der Waals surface area (Å²) in [4.78, 5) is 23.5. The van der Waals surface area contributed by atoms with Crippen molar-refractivity contribution >= 4 is 11.8 Å². The molecular weight excluding hydrogens is 284 g/mol. The molecule has 0 saturated carbocycles. The van der Waals surface area contributed by atoms with E-state index in [0.717, 1.165) is 0 Å². The zero-order chi connectivity index (χ0) is 16.1. The predicted molar refractivity (Wildman–Crippen MR) is 80.1 cm³/mol. The lowest BCUT2D eigenvalue weighted by Gasteiger charge is -2.12. The van der Waals surface area contributed by atoms with Crippen LogP contribution in [0, 0.1) is 0 Å². The van der Waals surface area contributed by atoms with E-state index in [2.05, 4.69) is 4.74 Å². The highest BCUT2D eigenvalue weighted by Gasteiger charge is 2.15. The van der Waals surface area contributed by atoms with E-state index >= 15 is 0 Å². The fourth-order valence-corrected chi connectivity index (χ4v) is 1.92. The molecule has 0 saturated heterocycles. The van der Waals surface area contributed by atoms with E-state index in [0.29, 0.717) is 16.9 Å². The molecular formula is C17H16O5. The maximum absolute atomic E-state index is 12.3. The van der Waals surface area contributed by atoms with Crippen molar-refractivity contribution in [3.8, 4) is 11.5 Å². The largest absolute Gasteiger partial charge is 0.508 e. The summed E-state index contributed by atoms with van der Waals surface area (Å²) < 4.78 is 9.97.